The molecule has 1 unspecified atom stereocenters. The number of non-ortho nitro benzene ring substituents is 1. The first kappa shape index (κ1) is 14.4. The Morgan fingerprint density at radius 1 is 1.35 bits per heavy atom. The molecule has 0 aliphatic carbocycles. The van der Waals surface area contributed by atoms with Crippen molar-refractivity contribution in [3.8, 4) is 0 Å². The van der Waals surface area contributed by atoms with Crippen molar-refractivity contribution in [3.63, 3.8) is 0 Å². The predicted molar refractivity (Wildman–Crippen MR) is 79.2 cm³/mol. The number of nitrogens with one attached hydrogen (secondary N) is 2. The Kier molecular flexibility index (Phi) is 4.00. The minimum Gasteiger partial charge on any atom is -0.355 e. The van der Waals surface area contributed by atoms with Gasteiger partial charge < -0.3 is 10.6 Å². The van der Waals surface area contributed by atoms with E-state index in [2.05, 4.69) is 10.6 Å². The largest absolute Gasteiger partial charge is 0.355 e. The van der Waals surface area contributed by atoms with Crippen molar-refractivity contribution in [1.82, 2.24) is 5.32 Å². The normalized spacial score (nSPS) is 19.5. The lowest BCUT2D eigenvalue weighted by Gasteiger charge is -2.14. The van der Waals surface area contributed by atoms with Gasteiger partial charge in [0.1, 0.15) is 0 Å². The van der Waals surface area contributed by atoms with Gasteiger partial charge in [-0.15, -0.1) is 0 Å². The van der Waals surface area contributed by atoms with Crippen molar-refractivity contribution in [1.29, 1.82) is 0 Å². The molecule has 0 amide bonds. The van der Waals surface area contributed by atoms with Crippen molar-refractivity contribution in [2.24, 2.45) is 0 Å². The van der Waals surface area contributed by atoms with Crippen molar-refractivity contribution in [2.45, 2.75) is 6.04 Å². The summed E-state index contributed by atoms with van der Waals surface area (Å²) in [6.45, 7) is 0. The Hall–Kier alpha value is -2.00. The van der Waals surface area contributed by atoms with E-state index in [1.54, 1.807) is 0 Å². The summed E-state index contributed by atoms with van der Waals surface area (Å²) in [5.41, 5.74) is 0.567. The first-order valence-corrected chi connectivity index (χ1v) is 7.71. The Balaban J connectivity index is 1.92. The van der Waals surface area contributed by atoms with Gasteiger partial charge in [-0.2, -0.15) is 0 Å². The third-order valence-corrected chi connectivity index (χ3v) is 4.20. The van der Waals surface area contributed by atoms with Crippen LogP contribution in [0.25, 0.3) is 0 Å². The molecule has 1 aromatic carbocycles. The predicted octanol–water partition coefficient (Wildman–Crippen LogP) is 1.19. The first-order valence-electron chi connectivity index (χ1n) is 5.59. The molecular formula is C11H11N3O4S2. The van der Waals surface area contributed by atoms with E-state index in [1.807, 2.05) is 0 Å². The van der Waals surface area contributed by atoms with Crippen molar-refractivity contribution >= 4 is 38.5 Å². The molecule has 0 fully saturated rings. The molecule has 0 aromatic heterocycles. The fourth-order valence-electron chi connectivity index (χ4n) is 1.67. The average molecular weight is 313 g/mol. The quantitative estimate of drug-likeness (QED) is 0.491. The van der Waals surface area contributed by atoms with Gasteiger partial charge in [-0.05, 0) is 30.4 Å². The standard InChI is InChI=1S/C11H11N3O4S2/c15-14(16)10-3-1-8(2-4-10)12-11(19)13-9-5-6-20(17,18)7-9/h1-6,9H,7H2,(H2,12,13,19). The highest BCUT2D eigenvalue weighted by Gasteiger charge is 2.21. The molecule has 106 valence electrons. The second-order valence-corrected chi connectivity index (χ2v) is 6.51. The summed E-state index contributed by atoms with van der Waals surface area (Å²) in [6.07, 6.45) is 1.53. The molecule has 7 nitrogen and oxygen atoms in total. The van der Waals surface area contributed by atoms with E-state index in [1.165, 1.54) is 30.3 Å². The molecule has 2 N–H and O–H groups in total. The first-order chi connectivity index (χ1) is 9.35. The van der Waals surface area contributed by atoms with Crippen LogP contribution in [0.1, 0.15) is 0 Å². The van der Waals surface area contributed by atoms with E-state index in [0.717, 1.165) is 5.41 Å². The lowest BCUT2D eigenvalue weighted by atomic mass is 10.3. The maximum absolute atomic E-state index is 11.2. The van der Waals surface area contributed by atoms with Gasteiger partial charge in [-0.3, -0.25) is 10.1 Å². The number of sulfone groups is 1. The van der Waals surface area contributed by atoms with Crippen LogP contribution >= 0.6 is 12.2 Å². The average Bonchev–Trinajstić information content (AvgIpc) is 2.69. The molecule has 1 heterocycles. The number of anilines is 1. The molecule has 0 spiro atoms. The van der Waals surface area contributed by atoms with Gasteiger partial charge in [0.2, 0.25) is 0 Å². The van der Waals surface area contributed by atoms with Crippen LogP contribution in [0, 0.1) is 10.1 Å². The molecule has 0 saturated carbocycles. The number of hydrogen-bond donors (Lipinski definition) is 2. The minimum absolute atomic E-state index is 0.0146. The van der Waals surface area contributed by atoms with Crippen LogP contribution in [0.15, 0.2) is 35.7 Å². The fourth-order valence-corrected chi connectivity index (χ4v) is 3.17. The van der Waals surface area contributed by atoms with Gasteiger partial charge in [0, 0.05) is 23.2 Å². The van der Waals surface area contributed by atoms with Crippen LogP contribution in [0.4, 0.5) is 11.4 Å². The topological polar surface area (TPSA) is 101 Å². The van der Waals surface area contributed by atoms with Crippen LogP contribution in [-0.4, -0.2) is 30.2 Å². The summed E-state index contributed by atoms with van der Waals surface area (Å²) < 4.78 is 22.5. The fraction of sp³-hybridized carbons (Fsp3) is 0.182. The molecule has 0 bridgehead atoms. The molecule has 9 heteroatoms. The maximum Gasteiger partial charge on any atom is 0.269 e. The Morgan fingerprint density at radius 3 is 2.50 bits per heavy atom. The van der Waals surface area contributed by atoms with Gasteiger partial charge in [0.25, 0.3) is 5.69 Å². The van der Waals surface area contributed by atoms with Crippen molar-refractivity contribution in [2.75, 3.05) is 11.1 Å². The van der Waals surface area contributed by atoms with Crippen LogP contribution < -0.4 is 10.6 Å². The van der Waals surface area contributed by atoms with E-state index in [-0.39, 0.29) is 22.6 Å². The molecule has 2 rings (SSSR count). The highest BCUT2D eigenvalue weighted by molar-refractivity contribution is 7.94. The highest BCUT2D eigenvalue weighted by atomic mass is 32.2. The van der Waals surface area contributed by atoms with E-state index in [0.29, 0.717) is 5.69 Å². The van der Waals surface area contributed by atoms with E-state index < -0.39 is 14.8 Å². The second-order valence-electron chi connectivity index (χ2n) is 4.17. The number of nitrogens with zero attached hydrogens (tertiary/aromatic N) is 1. The molecular weight excluding hydrogens is 302 g/mol. The maximum atomic E-state index is 11.2. The molecule has 1 atom stereocenters. The summed E-state index contributed by atoms with van der Waals surface area (Å²) >= 11 is 5.05. The summed E-state index contributed by atoms with van der Waals surface area (Å²) in [7, 11) is -3.13. The van der Waals surface area contributed by atoms with Gasteiger partial charge in [0.15, 0.2) is 14.9 Å². The second kappa shape index (κ2) is 5.55. The monoisotopic (exact) mass is 313 g/mol. The lowest BCUT2D eigenvalue weighted by Crippen LogP contribution is -2.38. The molecule has 0 saturated heterocycles. The minimum atomic E-state index is -3.13. The van der Waals surface area contributed by atoms with Gasteiger partial charge in [-0.25, -0.2) is 8.42 Å². The zero-order valence-corrected chi connectivity index (χ0v) is 11.8. The van der Waals surface area contributed by atoms with Crippen LogP contribution in [0.2, 0.25) is 0 Å². The van der Waals surface area contributed by atoms with Crippen molar-refractivity contribution in [3.05, 3.63) is 45.9 Å². The molecule has 20 heavy (non-hydrogen) atoms. The third kappa shape index (κ3) is 3.75. The van der Waals surface area contributed by atoms with Gasteiger partial charge in [0.05, 0.1) is 16.7 Å². The van der Waals surface area contributed by atoms with Crippen LogP contribution in [-0.2, 0) is 9.84 Å². The van der Waals surface area contributed by atoms with Crippen LogP contribution in [0.5, 0.6) is 0 Å². The third-order valence-electron chi connectivity index (χ3n) is 2.58. The van der Waals surface area contributed by atoms with E-state index in [9.17, 15) is 18.5 Å². The Labute approximate surface area is 120 Å². The van der Waals surface area contributed by atoms with Gasteiger partial charge >= 0.3 is 0 Å². The number of hydrogen-bond acceptors (Lipinski definition) is 5. The number of nitro groups is 1. The number of nitro benzene ring substituents is 1. The van der Waals surface area contributed by atoms with Crippen LogP contribution in [0.3, 0.4) is 0 Å². The Bertz CT molecular complexity index is 667. The summed E-state index contributed by atoms with van der Waals surface area (Å²) in [6, 6.07) is 5.38. The van der Waals surface area contributed by atoms with E-state index >= 15 is 0 Å². The van der Waals surface area contributed by atoms with Gasteiger partial charge in [-0.1, -0.05) is 0 Å². The summed E-state index contributed by atoms with van der Waals surface area (Å²) in [5.74, 6) is -0.0327. The smallest absolute Gasteiger partial charge is 0.269 e. The van der Waals surface area contributed by atoms with E-state index in [4.69, 9.17) is 12.2 Å². The van der Waals surface area contributed by atoms with Crippen molar-refractivity contribution < 1.29 is 13.3 Å². The summed E-state index contributed by atoms with van der Waals surface area (Å²) in [4.78, 5) is 10.0. The molecule has 0 radical (unpaired) electrons. The number of thiocarbonyl (C=S) groups is 1. The number of benzene rings is 1. The highest BCUT2D eigenvalue weighted by Crippen LogP contribution is 2.15. The summed E-state index contributed by atoms with van der Waals surface area (Å²) in [5, 5.41) is 17.6. The molecule has 1 aliphatic rings. The molecule has 1 aliphatic heterocycles. The number of rotatable bonds is 3. The Morgan fingerprint density at radius 2 is 2.00 bits per heavy atom. The SMILES string of the molecule is O=[N+]([O-])c1ccc(NC(=S)NC2C=CS(=O)(=O)C2)cc1. The zero-order chi connectivity index (χ0) is 14.8. The zero-order valence-electron chi connectivity index (χ0n) is 10.1. The molecule has 1 aromatic rings. The lowest BCUT2D eigenvalue weighted by molar-refractivity contribution is -0.384.